The van der Waals surface area contributed by atoms with Gasteiger partial charge in [-0.25, -0.2) is 4.79 Å². The molecule has 1 aliphatic carbocycles. The van der Waals surface area contributed by atoms with Gasteiger partial charge in [-0.05, 0) is 31.4 Å². The highest BCUT2D eigenvalue weighted by atomic mass is 32.2. The van der Waals surface area contributed by atoms with E-state index < -0.39 is 0 Å². The summed E-state index contributed by atoms with van der Waals surface area (Å²) in [5, 5.41) is 10.3. The molecule has 6 nitrogen and oxygen atoms in total. The standard InChI is InChI=1S/C17H20N2O4S2/c1-10-11(7-13(25-10)16(22)23-2)9-24-17-18-14(20)8-15(21)19(17)12-5-3-4-6-12/h7-8,12,20H,3-6,9H2,1-2H3. The molecule has 134 valence electrons. The zero-order chi connectivity index (χ0) is 18.0. The Bertz CT molecular complexity index is 838. The van der Waals surface area contributed by atoms with Crippen LogP contribution in [0.1, 0.15) is 51.8 Å². The molecule has 2 heterocycles. The Morgan fingerprint density at radius 3 is 2.84 bits per heavy atom. The number of carbonyl (C=O) groups is 1. The largest absolute Gasteiger partial charge is 0.493 e. The number of thiophene rings is 1. The van der Waals surface area contributed by atoms with Crippen LogP contribution in [0.2, 0.25) is 0 Å². The predicted molar refractivity (Wildman–Crippen MR) is 97.6 cm³/mol. The number of hydrogen-bond donors (Lipinski definition) is 1. The Morgan fingerprint density at radius 2 is 2.16 bits per heavy atom. The molecule has 2 aromatic heterocycles. The summed E-state index contributed by atoms with van der Waals surface area (Å²) in [6.45, 7) is 1.95. The first-order valence-corrected chi connectivity index (χ1v) is 9.92. The molecule has 0 amide bonds. The monoisotopic (exact) mass is 380 g/mol. The third-order valence-corrected chi connectivity index (χ3v) is 6.43. The summed E-state index contributed by atoms with van der Waals surface area (Å²) >= 11 is 2.80. The van der Waals surface area contributed by atoms with E-state index in [1.54, 1.807) is 4.57 Å². The molecule has 1 N–H and O–H groups in total. The molecule has 1 aliphatic rings. The lowest BCUT2D eigenvalue weighted by atomic mass is 10.2. The molecule has 0 aromatic carbocycles. The Hall–Kier alpha value is -1.80. The van der Waals surface area contributed by atoms with Crippen LogP contribution in [-0.4, -0.2) is 27.7 Å². The molecule has 1 saturated carbocycles. The average molecular weight is 380 g/mol. The van der Waals surface area contributed by atoms with Crippen molar-refractivity contribution in [3.05, 3.63) is 37.8 Å². The molecule has 0 spiro atoms. The zero-order valence-electron chi connectivity index (χ0n) is 14.2. The molecule has 0 aliphatic heterocycles. The second-order valence-corrected chi connectivity index (χ2v) is 8.21. The van der Waals surface area contributed by atoms with Gasteiger partial charge in [-0.1, -0.05) is 24.6 Å². The van der Waals surface area contributed by atoms with Crippen LogP contribution in [0.4, 0.5) is 0 Å². The molecule has 0 saturated heterocycles. The summed E-state index contributed by atoms with van der Waals surface area (Å²) in [5.74, 6) is -0.0242. The van der Waals surface area contributed by atoms with Gasteiger partial charge in [0.2, 0.25) is 5.88 Å². The Balaban J connectivity index is 1.85. The molecule has 0 bridgehead atoms. The highest BCUT2D eigenvalue weighted by molar-refractivity contribution is 7.98. The number of aryl methyl sites for hydroxylation is 1. The smallest absolute Gasteiger partial charge is 0.348 e. The minimum atomic E-state index is -0.345. The van der Waals surface area contributed by atoms with Gasteiger partial charge in [0.05, 0.1) is 13.2 Å². The molecule has 0 unspecified atom stereocenters. The van der Waals surface area contributed by atoms with Crippen molar-refractivity contribution in [2.24, 2.45) is 0 Å². The maximum atomic E-state index is 12.3. The summed E-state index contributed by atoms with van der Waals surface area (Å²) in [4.78, 5) is 29.8. The zero-order valence-corrected chi connectivity index (χ0v) is 15.8. The average Bonchev–Trinajstić information content (AvgIpc) is 3.21. The molecule has 3 rings (SSSR count). The molecular formula is C17H20N2O4S2. The highest BCUT2D eigenvalue weighted by Gasteiger charge is 2.22. The van der Waals surface area contributed by atoms with Crippen LogP contribution in [0, 0.1) is 6.92 Å². The van der Waals surface area contributed by atoms with Crippen molar-refractivity contribution in [2.45, 2.75) is 49.6 Å². The number of hydrogen-bond acceptors (Lipinski definition) is 7. The topological polar surface area (TPSA) is 81.4 Å². The van der Waals surface area contributed by atoms with Crippen molar-refractivity contribution in [3.63, 3.8) is 0 Å². The van der Waals surface area contributed by atoms with Gasteiger partial charge < -0.3 is 9.84 Å². The quantitative estimate of drug-likeness (QED) is 0.486. The molecular weight excluding hydrogens is 360 g/mol. The number of methoxy groups -OCH3 is 1. The van der Waals surface area contributed by atoms with Crippen LogP contribution < -0.4 is 5.56 Å². The van der Waals surface area contributed by atoms with E-state index in [0.29, 0.717) is 15.8 Å². The van der Waals surface area contributed by atoms with Gasteiger partial charge in [0.25, 0.3) is 5.56 Å². The lowest BCUT2D eigenvalue weighted by Crippen LogP contribution is -2.25. The van der Waals surface area contributed by atoms with Crippen LogP contribution in [0.3, 0.4) is 0 Å². The number of nitrogens with zero attached hydrogens (tertiary/aromatic N) is 2. The van der Waals surface area contributed by atoms with E-state index in [2.05, 4.69) is 4.98 Å². The van der Waals surface area contributed by atoms with Gasteiger partial charge in [-0.15, -0.1) is 11.3 Å². The van der Waals surface area contributed by atoms with Crippen molar-refractivity contribution in [2.75, 3.05) is 7.11 Å². The second-order valence-electron chi connectivity index (χ2n) is 6.02. The Morgan fingerprint density at radius 1 is 1.44 bits per heavy atom. The first kappa shape index (κ1) is 18.0. The fourth-order valence-electron chi connectivity index (χ4n) is 3.07. The lowest BCUT2D eigenvalue weighted by Gasteiger charge is -2.17. The van der Waals surface area contributed by atoms with Crippen LogP contribution in [0.5, 0.6) is 5.88 Å². The molecule has 1 fully saturated rings. The van der Waals surface area contributed by atoms with Crippen LogP contribution in [0.25, 0.3) is 0 Å². The third-order valence-electron chi connectivity index (χ3n) is 4.36. The van der Waals surface area contributed by atoms with Crippen LogP contribution in [0.15, 0.2) is 22.1 Å². The predicted octanol–water partition coefficient (Wildman–Crippen LogP) is 3.51. The van der Waals surface area contributed by atoms with Crippen molar-refractivity contribution in [1.82, 2.24) is 9.55 Å². The molecule has 0 radical (unpaired) electrons. The number of esters is 1. The Labute approximate surface area is 153 Å². The minimum Gasteiger partial charge on any atom is -0.493 e. The highest BCUT2D eigenvalue weighted by Crippen LogP contribution is 2.34. The van der Waals surface area contributed by atoms with E-state index >= 15 is 0 Å². The fourth-order valence-corrected chi connectivity index (χ4v) is 5.24. The SMILES string of the molecule is COC(=O)c1cc(CSc2nc(O)cc(=O)n2C2CCCC2)c(C)s1. The summed E-state index contributed by atoms with van der Waals surface area (Å²) in [6, 6.07) is 3.14. The number of aromatic nitrogens is 2. The summed E-state index contributed by atoms with van der Waals surface area (Å²) in [7, 11) is 1.36. The van der Waals surface area contributed by atoms with Crippen molar-refractivity contribution in [1.29, 1.82) is 0 Å². The van der Waals surface area contributed by atoms with Crippen molar-refractivity contribution in [3.8, 4) is 5.88 Å². The molecule has 0 atom stereocenters. The van der Waals surface area contributed by atoms with Gasteiger partial charge in [0, 0.05) is 16.7 Å². The number of thioether (sulfide) groups is 1. The number of aromatic hydroxyl groups is 1. The maximum Gasteiger partial charge on any atom is 0.348 e. The summed E-state index contributed by atoms with van der Waals surface area (Å²) in [6.07, 6.45) is 4.14. The van der Waals surface area contributed by atoms with Crippen molar-refractivity contribution >= 4 is 29.1 Å². The minimum absolute atomic E-state index is 0.150. The summed E-state index contributed by atoms with van der Waals surface area (Å²) in [5.41, 5.74) is 0.796. The summed E-state index contributed by atoms with van der Waals surface area (Å²) < 4.78 is 6.47. The fraction of sp³-hybridized carbons (Fsp3) is 0.471. The molecule has 25 heavy (non-hydrogen) atoms. The van der Waals surface area contributed by atoms with E-state index in [4.69, 9.17) is 4.74 Å². The van der Waals surface area contributed by atoms with Crippen LogP contribution in [-0.2, 0) is 10.5 Å². The normalized spacial score (nSPS) is 14.8. The van der Waals surface area contributed by atoms with E-state index in [-0.39, 0.29) is 23.5 Å². The maximum absolute atomic E-state index is 12.3. The molecule has 8 heteroatoms. The van der Waals surface area contributed by atoms with E-state index in [1.165, 1.54) is 36.3 Å². The number of rotatable bonds is 5. The van der Waals surface area contributed by atoms with Gasteiger partial charge in [0.1, 0.15) is 4.88 Å². The van der Waals surface area contributed by atoms with Gasteiger partial charge >= 0.3 is 5.97 Å². The Kier molecular flexibility index (Phi) is 5.48. The van der Waals surface area contributed by atoms with Gasteiger partial charge in [-0.2, -0.15) is 4.98 Å². The second kappa shape index (κ2) is 7.61. The first-order chi connectivity index (χ1) is 12.0. The molecule has 2 aromatic rings. The lowest BCUT2D eigenvalue weighted by molar-refractivity contribution is 0.0606. The number of carbonyl (C=O) groups excluding carboxylic acids is 1. The van der Waals surface area contributed by atoms with E-state index in [9.17, 15) is 14.7 Å². The van der Waals surface area contributed by atoms with Gasteiger partial charge in [0.15, 0.2) is 5.16 Å². The third kappa shape index (κ3) is 3.90. The van der Waals surface area contributed by atoms with Crippen molar-refractivity contribution < 1.29 is 14.6 Å². The van der Waals surface area contributed by atoms with Crippen LogP contribution >= 0.6 is 23.1 Å². The van der Waals surface area contributed by atoms with E-state index in [0.717, 1.165) is 36.1 Å². The first-order valence-electron chi connectivity index (χ1n) is 8.12. The number of ether oxygens (including phenoxy) is 1. The van der Waals surface area contributed by atoms with E-state index in [1.807, 2.05) is 13.0 Å². The van der Waals surface area contributed by atoms with Gasteiger partial charge in [-0.3, -0.25) is 9.36 Å².